The van der Waals surface area contributed by atoms with Gasteiger partial charge in [-0.1, -0.05) is 35.5 Å². The van der Waals surface area contributed by atoms with Crippen LogP contribution in [0.4, 0.5) is 4.79 Å². The third kappa shape index (κ3) is 4.64. The monoisotopic (exact) mass is 483 g/mol. The Morgan fingerprint density at radius 3 is 2.50 bits per heavy atom. The SMILES string of the molecule is CCN1C(=O)S[C@@H](Cc2cc(Br)c(OCc3ccc(Cl)cc3)c(OC)c2)C1=O. The molecule has 1 saturated heterocycles. The summed E-state index contributed by atoms with van der Waals surface area (Å²) in [5.41, 5.74) is 1.87. The molecule has 0 saturated carbocycles. The number of halogens is 2. The highest BCUT2D eigenvalue weighted by molar-refractivity contribution is 9.10. The molecule has 3 rings (SSSR count). The third-order valence-electron chi connectivity index (χ3n) is 4.33. The Kier molecular flexibility index (Phi) is 6.91. The van der Waals surface area contributed by atoms with Crippen LogP contribution in [0, 0.1) is 0 Å². The molecule has 5 nitrogen and oxygen atoms in total. The summed E-state index contributed by atoms with van der Waals surface area (Å²) in [6, 6.07) is 11.2. The van der Waals surface area contributed by atoms with Gasteiger partial charge in [0.2, 0.25) is 5.91 Å². The van der Waals surface area contributed by atoms with Crippen LogP contribution in [0.25, 0.3) is 0 Å². The van der Waals surface area contributed by atoms with Gasteiger partial charge in [0.25, 0.3) is 5.24 Å². The number of methoxy groups -OCH3 is 1. The minimum atomic E-state index is -0.412. The first-order valence-corrected chi connectivity index (χ1v) is 10.7. The molecule has 1 aliphatic heterocycles. The minimum absolute atomic E-state index is 0.143. The van der Waals surface area contributed by atoms with E-state index in [1.54, 1.807) is 14.0 Å². The van der Waals surface area contributed by atoms with Crippen molar-refractivity contribution in [1.29, 1.82) is 0 Å². The molecule has 148 valence electrons. The zero-order valence-electron chi connectivity index (χ0n) is 15.4. The van der Waals surface area contributed by atoms with Crippen molar-refractivity contribution in [3.05, 3.63) is 57.0 Å². The van der Waals surface area contributed by atoms with E-state index in [4.69, 9.17) is 21.1 Å². The zero-order valence-corrected chi connectivity index (χ0v) is 18.6. The van der Waals surface area contributed by atoms with Crippen LogP contribution in [-0.4, -0.2) is 35.0 Å². The van der Waals surface area contributed by atoms with Crippen LogP contribution in [0.5, 0.6) is 11.5 Å². The van der Waals surface area contributed by atoms with Gasteiger partial charge in [0, 0.05) is 11.6 Å². The Hall–Kier alpha value is -1.70. The van der Waals surface area contributed by atoms with Crippen LogP contribution in [-0.2, 0) is 17.8 Å². The number of amides is 2. The summed E-state index contributed by atoms with van der Waals surface area (Å²) in [6.07, 6.45) is 0.443. The molecule has 1 fully saturated rings. The lowest BCUT2D eigenvalue weighted by molar-refractivity contribution is -0.126. The van der Waals surface area contributed by atoms with E-state index in [0.717, 1.165) is 27.4 Å². The van der Waals surface area contributed by atoms with Crippen LogP contribution in [0.1, 0.15) is 18.1 Å². The highest BCUT2D eigenvalue weighted by atomic mass is 79.9. The van der Waals surface area contributed by atoms with Crippen molar-refractivity contribution in [1.82, 2.24) is 4.90 Å². The summed E-state index contributed by atoms with van der Waals surface area (Å²) in [7, 11) is 1.57. The Bertz CT molecular complexity index is 891. The van der Waals surface area contributed by atoms with Gasteiger partial charge < -0.3 is 9.47 Å². The number of rotatable bonds is 7. The lowest BCUT2D eigenvalue weighted by Crippen LogP contribution is -2.31. The van der Waals surface area contributed by atoms with Crippen molar-refractivity contribution in [2.45, 2.75) is 25.2 Å². The van der Waals surface area contributed by atoms with E-state index in [1.165, 1.54) is 4.90 Å². The number of ether oxygens (including phenoxy) is 2. The molecule has 28 heavy (non-hydrogen) atoms. The van der Waals surface area contributed by atoms with Crippen molar-refractivity contribution in [2.24, 2.45) is 0 Å². The van der Waals surface area contributed by atoms with Gasteiger partial charge in [-0.15, -0.1) is 0 Å². The minimum Gasteiger partial charge on any atom is -0.493 e. The molecule has 1 aliphatic rings. The predicted octanol–water partition coefficient (Wildman–Crippen LogP) is 5.32. The highest BCUT2D eigenvalue weighted by Crippen LogP contribution is 2.39. The normalized spacial score (nSPS) is 16.6. The molecular weight excluding hydrogens is 466 g/mol. The fourth-order valence-electron chi connectivity index (χ4n) is 2.89. The van der Waals surface area contributed by atoms with E-state index in [1.807, 2.05) is 36.4 Å². The summed E-state index contributed by atoms with van der Waals surface area (Å²) >= 11 is 10.5. The Morgan fingerprint density at radius 1 is 1.18 bits per heavy atom. The van der Waals surface area contributed by atoms with Gasteiger partial charge in [-0.25, -0.2) is 0 Å². The van der Waals surface area contributed by atoms with E-state index in [-0.39, 0.29) is 11.1 Å². The van der Waals surface area contributed by atoms with E-state index in [2.05, 4.69) is 15.9 Å². The number of carbonyl (C=O) groups is 2. The van der Waals surface area contributed by atoms with Crippen LogP contribution in [0.2, 0.25) is 5.02 Å². The first kappa shape index (κ1) is 21.0. The fraction of sp³-hybridized carbons (Fsp3) is 0.300. The molecule has 1 heterocycles. The number of imide groups is 1. The molecule has 8 heteroatoms. The van der Waals surface area contributed by atoms with Gasteiger partial charge in [-0.05, 0) is 64.7 Å². The molecule has 0 bridgehead atoms. The first-order chi connectivity index (χ1) is 13.4. The first-order valence-electron chi connectivity index (χ1n) is 8.68. The number of hydrogen-bond donors (Lipinski definition) is 0. The lowest BCUT2D eigenvalue weighted by atomic mass is 10.1. The third-order valence-corrected chi connectivity index (χ3v) is 6.24. The molecule has 0 aliphatic carbocycles. The molecule has 0 unspecified atom stereocenters. The lowest BCUT2D eigenvalue weighted by Gasteiger charge is -2.16. The largest absolute Gasteiger partial charge is 0.493 e. The summed E-state index contributed by atoms with van der Waals surface area (Å²) in [6.45, 7) is 2.55. The zero-order chi connectivity index (χ0) is 20.3. The maximum Gasteiger partial charge on any atom is 0.289 e. The van der Waals surface area contributed by atoms with Crippen LogP contribution in [0.15, 0.2) is 40.9 Å². The van der Waals surface area contributed by atoms with Crippen molar-refractivity contribution >= 4 is 50.4 Å². The number of thioether (sulfide) groups is 1. The maximum absolute atomic E-state index is 12.3. The van der Waals surface area contributed by atoms with Crippen LogP contribution >= 0.6 is 39.3 Å². The Morgan fingerprint density at radius 2 is 1.89 bits per heavy atom. The second kappa shape index (κ2) is 9.20. The van der Waals surface area contributed by atoms with E-state index < -0.39 is 5.25 Å². The average molecular weight is 485 g/mol. The van der Waals surface area contributed by atoms with Crippen LogP contribution in [0.3, 0.4) is 0 Å². The maximum atomic E-state index is 12.3. The van der Waals surface area contributed by atoms with E-state index in [0.29, 0.717) is 36.1 Å². The molecule has 0 spiro atoms. The summed E-state index contributed by atoms with van der Waals surface area (Å²) in [4.78, 5) is 25.5. The number of nitrogens with zero attached hydrogens (tertiary/aromatic N) is 1. The molecule has 0 aromatic heterocycles. The average Bonchev–Trinajstić information content (AvgIpc) is 2.94. The van der Waals surface area contributed by atoms with Crippen molar-refractivity contribution in [3.8, 4) is 11.5 Å². The summed E-state index contributed by atoms with van der Waals surface area (Å²) in [5, 5.41) is 0.0719. The van der Waals surface area contributed by atoms with Gasteiger partial charge >= 0.3 is 0 Å². The molecule has 1 atom stereocenters. The van der Waals surface area contributed by atoms with Gasteiger partial charge in [-0.2, -0.15) is 0 Å². The second-order valence-electron chi connectivity index (χ2n) is 6.18. The van der Waals surface area contributed by atoms with Gasteiger partial charge in [0.1, 0.15) is 6.61 Å². The summed E-state index contributed by atoms with van der Waals surface area (Å²) in [5.74, 6) is 1.00. The second-order valence-corrected chi connectivity index (χ2v) is 8.63. The van der Waals surface area contributed by atoms with Crippen LogP contribution < -0.4 is 9.47 Å². The predicted molar refractivity (Wildman–Crippen MR) is 114 cm³/mol. The fourth-order valence-corrected chi connectivity index (χ4v) is 4.72. The van der Waals surface area contributed by atoms with Crippen molar-refractivity contribution < 1.29 is 19.1 Å². The Balaban J connectivity index is 1.75. The highest BCUT2D eigenvalue weighted by Gasteiger charge is 2.38. The number of benzene rings is 2. The van der Waals surface area contributed by atoms with Gasteiger partial charge in [0.15, 0.2) is 11.5 Å². The van der Waals surface area contributed by atoms with Crippen molar-refractivity contribution in [3.63, 3.8) is 0 Å². The van der Waals surface area contributed by atoms with Gasteiger partial charge in [0.05, 0.1) is 16.8 Å². The number of carbonyl (C=O) groups excluding carboxylic acids is 2. The molecular formula is C20H19BrClNO4S. The van der Waals surface area contributed by atoms with Crippen molar-refractivity contribution in [2.75, 3.05) is 13.7 Å². The van der Waals surface area contributed by atoms with Gasteiger partial charge in [-0.3, -0.25) is 14.5 Å². The topological polar surface area (TPSA) is 55.8 Å². The molecule has 2 aromatic carbocycles. The number of hydrogen-bond acceptors (Lipinski definition) is 5. The van der Waals surface area contributed by atoms with E-state index in [9.17, 15) is 9.59 Å². The molecule has 0 radical (unpaired) electrons. The molecule has 0 N–H and O–H groups in total. The standard InChI is InChI=1S/C20H19BrClNO4S/c1-3-23-19(24)17(28-20(23)25)10-13-8-15(21)18(16(9-13)26-2)27-11-12-4-6-14(22)7-5-12/h4-9,17H,3,10-11H2,1-2H3/t17-/m0/s1. The quantitative estimate of drug-likeness (QED) is 0.532. The molecule has 2 amide bonds. The Labute approximate surface area is 181 Å². The summed E-state index contributed by atoms with van der Waals surface area (Å²) < 4.78 is 12.1. The molecule has 2 aromatic rings. The smallest absolute Gasteiger partial charge is 0.289 e. The van der Waals surface area contributed by atoms with E-state index >= 15 is 0 Å².